The second kappa shape index (κ2) is 3.50. The third kappa shape index (κ3) is 1.77. The SMILES string of the molecule is CC(C)c1cc(C(F)(F)F)c2nccn2c1. The highest BCUT2D eigenvalue weighted by molar-refractivity contribution is 5.51. The summed E-state index contributed by atoms with van der Waals surface area (Å²) in [5.74, 6) is 0.0490. The van der Waals surface area contributed by atoms with Crippen molar-refractivity contribution in [2.24, 2.45) is 0 Å². The number of hydrogen-bond acceptors (Lipinski definition) is 1. The van der Waals surface area contributed by atoms with Gasteiger partial charge in [0.1, 0.15) is 5.65 Å². The molecule has 2 nitrogen and oxygen atoms in total. The van der Waals surface area contributed by atoms with Crippen LogP contribution in [0.15, 0.2) is 24.7 Å². The molecule has 2 aromatic rings. The molecule has 0 aliphatic rings. The van der Waals surface area contributed by atoms with E-state index in [1.165, 1.54) is 22.9 Å². The lowest BCUT2D eigenvalue weighted by Gasteiger charge is -2.12. The number of hydrogen-bond donors (Lipinski definition) is 0. The second-order valence-corrected chi connectivity index (χ2v) is 4.00. The molecule has 5 heteroatoms. The van der Waals surface area contributed by atoms with E-state index in [4.69, 9.17) is 0 Å². The predicted molar refractivity (Wildman–Crippen MR) is 54.3 cm³/mol. The van der Waals surface area contributed by atoms with Crippen LogP contribution >= 0.6 is 0 Å². The van der Waals surface area contributed by atoms with Crippen molar-refractivity contribution in [1.29, 1.82) is 0 Å². The van der Waals surface area contributed by atoms with Gasteiger partial charge in [0, 0.05) is 18.6 Å². The van der Waals surface area contributed by atoms with Crippen molar-refractivity contribution in [3.63, 3.8) is 0 Å². The monoisotopic (exact) mass is 228 g/mol. The summed E-state index contributed by atoms with van der Waals surface area (Å²) in [5.41, 5.74) is -0.0709. The van der Waals surface area contributed by atoms with Gasteiger partial charge in [0.05, 0.1) is 5.56 Å². The molecule has 0 aromatic carbocycles. The molecular weight excluding hydrogens is 217 g/mol. The van der Waals surface area contributed by atoms with E-state index in [-0.39, 0.29) is 11.6 Å². The Balaban J connectivity index is 2.74. The number of halogens is 3. The Morgan fingerprint density at radius 2 is 2.00 bits per heavy atom. The van der Waals surface area contributed by atoms with Crippen LogP contribution in [0.3, 0.4) is 0 Å². The lowest BCUT2D eigenvalue weighted by Crippen LogP contribution is -2.09. The van der Waals surface area contributed by atoms with Crippen LogP contribution in [0.4, 0.5) is 13.2 Å². The van der Waals surface area contributed by atoms with Crippen molar-refractivity contribution in [1.82, 2.24) is 9.38 Å². The lowest BCUT2D eigenvalue weighted by atomic mass is 10.0. The van der Waals surface area contributed by atoms with Crippen LogP contribution in [0.25, 0.3) is 5.65 Å². The summed E-state index contributed by atoms with van der Waals surface area (Å²) in [6, 6.07) is 1.17. The van der Waals surface area contributed by atoms with Crippen molar-refractivity contribution in [3.8, 4) is 0 Å². The highest BCUT2D eigenvalue weighted by atomic mass is 19.4. The topological polar surface area (TPSA) is 17.3 Å². The highest BCUT2D eigenvalue weighted by Gasteiger charge is 2.34. The third-order valence-electron chi connectivity index (χ3n) is 2.48. The minimum Gasteiger partial charge on any atom is -0.306 e. The van der Waals surface area contributed by atoms with Crippen LogP contribution in [-0.2, 0) is 6.18 Å². The Morgan fingerprint density at radius 3 is 2.56 bits per heavy atom. The molecule has 0 aliphatic carbocycles. The standard InChI is InChI=1S/C11H11F3N2/c1-7(2)8-5-9(11(12,13)14)10-15-3-4-16(10)6-8/h3-7H,1-2H3. The number of pyridine rings is 1. The van der Waals surface area contributed by atoms with Crippen molar-refractivity contribution in [2.45, 2.75) is 25.9 Å². The average molecular weight is 228 g/mol. The molecule has 0 amide bonds. The average Bonchev–Trinajstić information content (AvgIpc) is 2.61. The maximum Gasteiger partial charge on any atom is 0.419 e. The van der Waals surface area contributed by atoms with Gasteiger partial charge >= 0.3 is 6.18 Å². The van der Waals surface area contributed by atoms with E-state index in [0.717, 1.165) is 0 Å². The van der Waals surface area contributed by atoms with E-state index in [1.807, 2.05) is 13.8 Å². The third-order valence-corrected chi connectivity index (χ3v) is 2.48. The molecule has 0 saturated heterocycles. The van der Waals surface area contributed by atoms with Gasteiger partial charge in [0.25, 0.3) is 0 Å². The van der Waals surface area contributed by atoms with E-state index < -0.39 is 11.7 Å². The summed E-state index contributed by atoms with van der Waals surface area (Å²) in [6.45, 7) is 3.72. The molecule has 2 heterocycles. The van der Waals surface area contributed by atoms with Crippen LogP contribution < -0.4 is 0 Å². The zero-order valence-corrected chi connectivity index (χ0v) is 8.92. The van der Waals surface area contributed by atoms with Crippen LogP contribution in [0, 0.1) is 0 Å². The molecule has 2 rings (SSSR count). The molecule has 0 atom stereocenters. The minimum atomic E-state index is -4.36. The fourth-order valence-electron chi connectivity index (χ4n) is 1.58. The van der Waals surface area contributed by atoms with Gasteiger partial charge in [-0.3, -0.25) is 0 Å². The maximum atomic E-state index is 12.8. The summed E-state index contributed by atoms with van der Waals surface area (Å²) in [4.78, 5) is 3.73. The molecule has 0 N–H and O–H groups in total. The highest BCUT2D eigenvalue weighted by Crippen LogP contribution is 2.33. The van der Waals surface area contributed by atoms with Crippen molar-refractivity contribution < 1.29 is 13.2 Å². The Hall–Kier alpha value is -1.52. The van der Waals surface area contributed by atoms with Gasteiger partial charge < -0.3 is 4.40 Å². The molecule has 0 fully saturated rings. The molecule has 0 aliphatic heterocycles. The fourth-order valence-corrected chi connectivity index (χ4v) is 1.58. The minimum absolute atomic E-state index is 0.0445. The first kappa shape index (κ1) is 11.0. The molecule has 16 heavy (non-hydrogen) atoms. The van der Waals surface area contributed by atoms with E-state index >= 15 is 0 Å². The van der Waals surface area contributed by atoms with Gasteiger partial charge in [-0.25, -0.2) is 4.98 Å². The quantitative estimate of drug-likeness (QED) is 0.730. The van der Waals surface area contributed by atoms with E-state index in [0.29, 0.717) is 5.56 Å². The summed E-state index contributed by atoms with van der Waals surface area (Å²) in [6.07, 6.45) is 0.213. The number of aromatic nitrogens is 2. The van der Waals surface area contributed by atoms with Crippen LogP contribution in [0.1, 0.15) is 30.9 Å². The Kier molecular flexibility index (Phi) is 2.40. The first-order chi connectivity index (χ1) is 7.39. The number of rotatable bonds is 1. The van der Waals surface area contributed by atoms with Gasteiger partial charge in [-0.05, 0) is 17.5 Å². The maximum absolute atomic E-state index is 12.8. The van der Waals surface area contributed by atoms with Crippen molar-refractivity contribution >= 4 is 5.65 Å². The zero-order chi connectivity index (χ0) is 11.9. The van der Waals surface area contributed by atoms with Crippen LogP contribution in [0.5, 0.6) is 0 Å². The first-order valence-electron chi connectivity index (χ1n) is 4.93. The smallest absolute Gasteiger partial charge is 0.306 e. The zero-order valence-electron chi connectivity index (χ0n) is 8.92. The Labute approximate surface area is 90.7 Å². The molecule has 86 valence electrons. The number of alkyl halides is 3. The fraction of sp³-hybridized carbons (Fsp3) is 0.364. The second-order valence-electron chi connectivity index (χ2n) is 4.00. The van der Waals surface area contributed by atoms with Crippen molar-refractivity contribution in [2.75, 3.05) is 0 Å². The number of imidazole rings is 1. The predicted octanol–water partition coefficient (Wildman–Crippen LogP) is 3.48. The Bertz CT molecular complexity index is 511. The summed E-state index contributed by atoms with van der Waals surface area (Å²) in [7, 11) is 0. The van der Waals surface area contributed by atoms with Gasteiger partial charge in [-0.1, -0.05) is 13.8 Å². The van der Waals surface area contributed by atoms with Gasteiger partial charge in [0.15, 0.2) is 0 Å². The lowest BCUT2D eigenvalue weighted by molar-refractivity contribution is -0.136. The summed E-state index contributed by atoms with van der Waals surface area (Å²) < 4.78 is 39.8. The normalized spacial score (nSPS) is 12.6. The largest absolute Gasteiger partial charge is 0.419 e. The first-order valence-corrected chi connectivity index (χ1v) is 4.93. The van der Waals surface area contributed by atoms with Crippen LogP contribution in [-0.4, -0.2) is 9.38 Å². The summed E-state index contributed by atoms with van der Waals surface area (Å²) in [5, 5.41) is 0. The molecular formula is C11H11F3N2. The van der Waals surface area contributed by atoms with Gasteiger partial charge in [-0.15, -0.1) is 0 Å². The summed E-state index contributed by atoms with van der Waals surface area (Å²) >= 11 is 0. The number of fused-ring (bicyclic) bond motifs is 1. The molecule has 2 aromatic heterocycles. The van der Waals surface area contributed by atoms with Gasteiger partial charge in [-0.2, -0.15) is 13.2 Å². The van der Waals surface area contributed by atoms with E-state index in [2.05, 4.69) is 4.98 Å². The Morgan fingerprint density at radius 1 is 1.31 bits per heavy atom. The molecule has 0 unspecified atom stereocenters. The molecule has 0 radical (unpaired) electrons. The molecule has 0 spiro atoms. The number of nitrogens with zero attached hydrogens (tertiary/aromatic N) is 2. The van der Waals surface area contributed by atoms with Crippen molar-refractivity contribution in [3.05, 3.63) is 35.8 Å². The van der Waals surface area contributed by atoms with E-state index in [1.54, 1.807) is 6.20 Å². The van der Waals surface area contributed by atoms with E-state index in [9.17, 15) is 13.2 Å². The van der Waals surface area contributed by atoms with Crippen LogP contribution in [0.2, 0.25) is 0 Å². The molecule has 0 bridgehead atoms. The van der Waals surface area contributed by atoms with Gasteiger partial charge in [0.2, 0.25) is 0 Å². The molecule has 0 saturated carbocycles.